The average Bonchev–Trinajstić information content (AvgIpc) is 2.85. The topological polar surface area (TPSA) is 53.4 Å². The Morgan fingerprint density at radius 3 is 2.78 bits per heavy atom. The number of nitrogens with zero attached hydrogens (tertiary/aromatic N) is 2. The Morgan fingerprint density at radius 2 is 2.22 bits per heavy atom. The van der Waals surface area contributed by atoms with Crippen LogP contribution in [0, 0.1) is 5.82 Å². The molecule has 1 aliphatic rings. The van der Waals surface area contributed by atoms with Gasteiger partial charge in [-0.3, -0.25) is 0 Å². The number of carboxylic acid groups (broad SMARTS) is 1. The normalized spacial score (nSPS) is 15.9. The van der Waals surface area contributed by atoms with Crippen LogP contribution >= 0.6 is 0 Å². The molecule has 0 aromatic carbocycles. The van der Waals surface area contributed by atoms with Crippen molar-refractivity contribution in [3.8, 4) is 0 Å². The predicted molar refractivity (Wildman–Crippen MR) is 66.4 cm³/mol. The summed E-state index contributed by atoms with van der Waals surface area (Å²) in [6.45, 7) is 2.57. The van der Waals surface area contributed by atoms with E-state index in [4.69, 9.17) is 5.11 Å². The first-order valence-corrected chi connectivity index (χ1v) is 6.29. The second kappa shape index (κ2) is 5.33. The molecule has 98 valence electrons. The summed E-state index contributed by atoms with van der Waals surface area (Å²) < 4.78 is 14.1. The van der Waals surface area contributed by atoms with Crippen molar-refractivity contribution < 1.29 is 14.3 Å². The monoisotopic (exact) mass is 252 g/mol. The van der Waals surface area contributed by atoms with Crippen LogP contribution in [-0.4, -0.2) is 28.6 Å². The lowest BCUT2D eigenvalue weighted by molar-refractivity contribution is 0.0691. The zero-order valence-electron chi connectivity index (χ0n) is 10.4. The Bertz CT molecular complexity index is 445. The van der Waals surface area contributed by atoms with Crippen LogP contribution in [-0.2, 0) is 0 Å². The van der Waals surface area contributed by atoms with Gasteiger partial charge in [0, 0.05) is 18.8 Å². The van der Waals surface area contributed by atoms with E-state index in [0.717, 1.165) is 25.7 Å². The molecule has 1 aromatic heterocycles. The van der Waals surface area contributed by atoms with Crippen LogP contribution in [0.5, 0.6) is 0 Å². The summed E-state index contributed by atoms with van der Waals surface area (Å²) in [5.41, 5.74) is -0.309. The smallest absolute Gasteiger partial charge is 0.338 e. The maximum Gasteiger partial charge on any atom is 0.338 e. The maximum atomic E-state index is 14.1. The van der Waals surface area contributed by atoms with E-state index in [9.17, 15) is 9.18 Å². The zero-order chi connectivity index (χ0) is 13.1. The van der Waals surface area contributed by atoms with Gasteiger partial charge in [-0.15, -0.1) is 0 Å². The molecule has 2 rings (SSSR count). The summed E-state index contributed by atoms with van der Waals surface area (Å²) in [4.78, 5) is 16.8. The van der Waals surface area contributed by atoms with Crippen molar-refractivity contribution in [3.63, 3.8) is 0 Å². The van der Waals surface area contributed by atoms with E-state index in [-0.39, 0.29) is 17.4 Å². The van der Waals surface area contributed by atoms with Gasteiger partial charge in [0.05, 0.1) is 0 Å². The fourth-order valence-electron chi connectivity index (χ4n) is 2.59. The van der Waals surface area contributed by atoms with Crippen molar-refractivity contribution in [1.29, 1.82) is 0 Å². The van der Waals surface area contributed by atoms with E-state index < -0.39 is 11.8 Å². The highest BCUT2D eigenvalue weighted by molar-refractivity contribution is 5.88. The first-order chi connectivity index (χ1) is 8.65. The standard InChI is InChI=1S/C13H17FN2O2/c1-2-16(9-5-3-4-6-9)12-11(14)10(13(17)18)7-8-15-12/h7-9H,2-6H2,1H3,(H,17,18). The van der Waals surface area contributed by atoms with Crippen LogP contribution in [0.25, 0.3) is 0 Å². The molecule has 0 aliphatic heterocycles. The highest BCUT2D eigenvalue weighted by atomic mass is 19.1. The number of pyridine rings is 1. The number of anilines is 1. The number of aromatic nitrogens is 1. The van der Waals surface area contributed by atoms with E-state index >= 15 is 0 Å². The van der Waals surface area contributed by atoms with Crippen LogP contribution in [0.15, 0.2) is 12.3 Å². The Morgan fingerprint density at radius 1 is 1.56 bits per heavy atom. The number of carboxylic acids is 1. The summed E-state index contributed by atoms with van der Waals surface area (Å²) in [5, 5.41) is 8.92. The molecule has 1 aliphatic carbocycles. The molecule has 0 atom stereocenters. The minimum Gasteiger partial charge on any atom is -0.478 e. The third-order valence-corrected chi connectivity index (χ3v) is 3.48. The first kappa shape index (κ1) is 12.8. The van der Waals surface area contributed by atoms with Crippen molar-refractivity contribution in [2.45, 2.75) is 38.6 Å². The molecule has 1 fully saturated rings. The lowest BCUT2D eigenvalue weighted by atomic mass is 10.2. The molecule has 5 heteroatoms. The van der Waals surface area contributed by atoms with Gasteiger partial charge in [0.25, 0.3) is 0 Å². The Labute approximate surface area is 105 Å². The molecule has 18 heavy (non-hydrogen) atoms. The average molecular weight is 252 g/mol. The summed E-state index contributed by atoms with van der Waals surface area (Å²) in [6, 6.07) is 1.48. The number of halogens is 1. The fraction of sp³-hybridized carbons (Fsp3) is 0.538. The molecule has 0 amide bonds. The van der Waals surface area contributed by atoms with Gasteiger partial charge in [-0.1, -0.05) is 12.8 Å². The highest BCUT2D eigenvalue weighted by Gasteiger charge is 2.26. The molecule has 1 N–H and O–H groups in total. The fourth-order valence-corrected chi connectivity index (χ4v) is 2.59. The van der Waals surface area contributed by atoms with Gasteiger partial charge in [-0.2, -0.15) is 0 Å². The molecule has 1 heterocycles. The van der Waals surface area contributed by atoms with Gasteiger partial charge in [0.1, 0.15) is 5.56 Å². The van der Waals surface area contributed by atoms with Crippen LogP contribution < -0.4 is 4.90 Å². The van der Waals surface area contributed by atoms with Crippen LogP contribution in [0.2, 0.25) is 0 Å². The van der Waals surface area contributed by atoms with Gasteiger partial charge in [0.15, 0.2) is 11.6 Å². The van der Waals surface area contributed by atoms with Crippen molar-refractivity contribution in [2.75, 3.05) is 11.4 Å². The van der Waals surface area contributed by atoms with Gasteiger partial charge >= 0.3 is 5.97 Å². The number of rotatable bonds is 4. The van der Waals surface area contributed by atoms with Crippen molar-refractivity contribution in [3.05, 3.63) is 23.6 Å². The molecular weight excluding hydrogens is 235 g/mol. The van der Waals surface area contributed by atoms with Gasteiger partial charge in [0.2, 0.25) is 0 Å². The lowest BCUT2D eigenvalue weighted by Gasteiger charge is -2.29. The number of hydrogen-bond donors (Lipinski definition) is 1. The first-order valence-electron chi connectivity index (χ1n) is 6.29. The SMILES string of the molecule is CCN(c1nccc(C(=O)O)c1F)C1CCCC1. The number of hydrogen-bond acceptors (Lipinski definition) is 3. The van der Waals surface area contributed by atoms with Crippen molar-refractivity contribution in [1.82, 2.24) is 4.98 Å². The highest BCUT2D eigenvalue weighted by Crippen LogP contribution is 2.29. The summed E-state index contributed by atoms with van der Waals surface area (Å²) >= 11 is 0. The van der Waals surface area contributed by atoms with Crippen LogP contribution in [0.4, 0.5) is 10.2 Å². The zero-order valence-corrected chi connectivity index (χ0v) is 10.4. The predicted octanol–water partition coefficient (Wildman–Crippen LogP) is 2.69. The second-order valence-corrected chi connectivity index (χ2v) is 4.53. The molecule has 0 unspecified atom stereocenters. The number of carbonyl (C=O) groups is 1. The Kier molecular flexibility index (Phi) is 3.79. The summed E-state index contributed by atoms with van der Waals surface area (Å²) in [6.07, 6.45) is 5.68. The quantitative estimate of drug-likeness (QED) is 0.895. The lowest BCUT2D eigenvalue weighted by Crippen LogP contribution is -2.34. The molecule has 0 saturated heterocycles. The van der Waals surface area contributed by atoms with Crippen molar-refractivity contribution >= 4 is 11.8 Å². The summed E-state index contributed by atoms with van der Waals surface area (Å²) in [7, 11) is 0. The molecule has 1 saturated carbocycles. The largest absolute Gasteiger partial charge is 0.478 e. The van der Waals surface area contributed by atoms with E-state index in [1.807, 2.05) is 11.8 Å². The third-order valence-electron chi connectivity index (χ3n) is 3.48. The maximum absolute atomic E-state index is 14.1. The van der Waals surface area contributed by atoms with Crippen molar-refractivity contribution in [2.24, 2.45) is 0 Å². The van der Waals surface area contributed by atoms with E-state index in [1.165, 1.54) is 12.3 Å². The molecular formula is C13H17FN2O2. The molecule has 4 nitrogen and oxygen atoms in total. The third kappa shape index (κ3) is 2.30. The molecule has 0 spiro atoms. The summed E-state index contributed by atoms with van der Waals surface area (Å²) in [5.74, 6) is -1.80. The van der Waals surface area contributed by atoms with Crippen LogP contribution in [0.3, 0.4) is 0 Å². The minimum atomic E-state index is -1.25. The molecule has 1 aromatic rings. The van der Waals surface area contributed by atoms with E-state index in [2.05, 4.69) is 4.98 Å². The number of aromatic carboxylic acids is 1. The second-order valence-electron chi connectivity index (χ2n) is 4.53. The van der Waals surface area contributed by atoms with Crippen LogP contribution in [0.1, 0.15) is 43.0 Å². The van der Waals surface area contributed by atoms with Gasteiger partial charge in [-0.05, 0) is 25.8 Å². The van der Waals surface area contributed by atoms with Gasteiger partial charge in [-0.25, -0.2) is 14.2 Å². The van der Waals surface area contributed by atoms with Gasteiger partial charge < -0.3 is 10.0 Å². The Hall–Kier alpha value is -1.65. The Balaban J connectivity index is 2.35. The molecule has 0 radical (unpaired) electrons. The van der Waals surface area contributed by atoms with E-state index in [1.54, 1.807) is 0 Å². The molecule has 0 bridgehead atoms. The van der Waals surface area contributed by atoms with E-state index in [0.29, 0.717) is 6.54 Å². The minimum absolute atomic E-state index is 0.171.